The molecule has 86 valence electrons. The maximum absolute atomic E-state index is 4.00. The van der Waals surface area contributed by atoms with Crippen molar-refractivity contribution in [1.29, 1.82) is 0 Å². The molecule has 3 aromatic heterocycles. The lowest BCUT2D eigenvalue weighted by Crippen LogP contribution is -2.02. The molecule has 6 nitrogen and oxygen atoms in total. The van der Waals surface area contributed by atoms with Gasteiger partial charge in [0.15, 0.2) is 0 Å². The lowest BCUT2D eigenvalue weighted by Gasteiger charge is -2.11. The fraction of sp³-hybridized carbons (Fsp3) is 0.182. The SMILES string of the molecule is c1n[nH]cc1CC(c1cn[nH]c1)c1cn[nH]c1. The first-order valence-corrected chi connectivity index (χ1v) is 5.38. The van der Waals surface area contributed by atoms with Gasteiger partial charge in [-0.1, -0.05) is 0 Å². The van der Waals surface area contributed by atoms with Gasteiger partial charge in [0.2, 0.25) is 0 Å². The van der Waals surface area contributed by atoms with Crippen LogP contribution in [0.3, 0.4) is 0 Å². The van der Waals surface area contributed by atoms with Crippen LogP contribution in [0, 0.1) is 0 Å². The van der Waals surface area contributed by atoms with Gasteiger partial charge < -0.3 is 0 Å². The van der Waals surface area contributed by atoms with Crippen molar-refractivity contribution in [3.8, 4) is 0 Å². The second-order valence-electron chi connectivity index (χ2n) is 3.93. The Kier molecular flexibility index (Phi) is 2.45. The first kappa shape index (κ1) is 9.83. The summed E-state index contributed by atoms with van der Waals surface area (Å²) >= 11 is 0. The molecule has 3 N–H and O–H groups in total. The zero-order chi connectivity index (χ0) is 11.5. The van der Waals surface area contributed by atoms with E-state index in [9.17, 15) is 0 Å². The quantitative estimate of drug-likeness (QED) is 0.627. The molecule has 6 heteroatoms. The third-order valence-electron chi connectivity index (χ3n) is 2.84. The minimum Gasteiger partial charge on any atom is -0.285 e. The third kappa shape index (κ3) is 1.96. The maximum atomic E-state index is 4.00. The summed E-state index contributed by atoms with van der Waals surface area (Å²) in [7, 11) is 0. The van der Waals surface area contributed by atoms with Crippen LogP contribution in [0.2, 0.25) is 0 Å². The third-order valence-corrected chi connectivity index (χ3v) is 2.84. The summed E-state index contributed by atoms with van der Waals surface area (Å²) in [5.74, 6) is 0.241. The van der Waals surface area contributed by atoms with Gasteiger partial charge in [-0.3, -0.25) is 15.3 Å². The highest BCUT2D eigenvalue weighted by Gasteiger charge is 2.17. The van der Waals surface area contributed by atoms with E-state index in [0.717, 1.165) is 23.1 Å². The zero-order valence-corrected chi connectivity index (χ0v) is 9.09. The molecule has 17 heavy (non-hydrogen) atoms. The van der Waals surface area contributed by atoms with Crippen LogP contribution in [0.25, 0.3) is 0 Å². The molecule has 0 saturated carbocycles. The molecule has 0 fully saturated rings. The van der Waals surface area contributed by atoms with Crippen molar-refractivity contribution in [3.63, 3.8) is 0 Å². The summed E-state index contributed by atoms with van der Waals surface area (Å²) in [4.78, 5) is 0. The summed E-state index contributed by atoms with van der Waals surface area (Å²) < 4.78 is 0. The van der Waals surface area contributed by atoms with Gasteiger partial charge >= 0.3 is 0 Å². The van der Waals surface area contributed by atoms with Gasteiger partial charge in [-0.15, -0.1) is 0 Å². The Morgan fingerprint density at radius 3 is 1.88 bits per heavy atom. The molecule has 0 atom stereocenters. The van der Waals surface area contributed by atoms with Gasteiger partial charge in [0, 0.05) is 24.5 Å². The van der Waals surface area contributed by atoms with E-state index in [1.54, 1.807) is 0 Å². The van der Waals surface area contributed by atoms with Crippen molar-refractivity contribution < 1.29 is 0 Å². The van der Waals surface area contributed by atoms with Crippen molar-refractivity contribution in [3.05, 3.63) is 53.9 Å². The molecule has 0 bridgehead atoms. The summed E-state index contributed by atoms with van der Waals surface area (Å²) in [6.45, 7) is 0. The first-order chi connectivity index (χ1) is 8.43. The predicted molar refractivity (Wildman–Crippen MR) is 61.3 cm³/mol. The van der Waals surface area contributed by atoms with E-state index in [4.69, 9.17) is 0 Å². The number of hydrogen-bond acceptors (Lipinski definition) is 3. The summed E-state index contributed by atoms with van der Waals surface area (Å²) in [6.07, 6.45) is 12.1. The van der Waals surface area contributed by atoms with Gasteiger partial charge in [0.05, 0.1) is 18.6 Å². The van der Waals surface area contributed by atoms with Crippen LogP contribution in [0.1, 0.15) is 22.6 Å². The molecule has 0 unspecified atom stereocenters. The number of nitrogens with one attached hydrogen (secondary N) is 3. The molecule has 0 saturated heterocycles. The van der Waals surface area contributed by atoms with E-state index in [0.29, 0.717) is 0 Å². The second-order valence-corrected chi connectivity index (χ2v) is 3.93. The van der Waals surface area contributed by atoms with E-state index >= 15 is 0 Å². The molecule has 3 heterocycles. The fourth-order valence-corrected chi connectivity index (χ4v) is 1.96. The lowest BCUT2D eigenvalue weighted by atomic mass is 9.90. The summed E-state index contributed by atoms with van der Waals surface area (Å²) in [5.41, 5.74) is 3.46. The molecule has 0 aromatic carbocycles. The Morgan fingerprint density at radius 1 is 0.824 bits per heavy atom. The van der Waals surface area contributed by atoms with Gasteiger partial charge in [-0.2, -0.15) is 15.3 Å². The smallest absolute Gasteiger partial charge is 0.0525 e. The normalized spacial score (nSPS) is 11.1. The molecular weight excluding hydrogens is 216 g/mol. The monoisotopic (exact) mass is 228 g/mol. The Morgan fingerprint density at radius 2 is 1.41 bits per heavy atom. The number of aromatic nitrogens is 6. The van der Waals surface area contributed by atoms with Crippen molar-refractivity contribution in [1.82, 2.24) is 30.6 Å². The van der Waals surface area contributed by atoms with Gasteiger partial charge in [-0.25, -0.2) is 0 Å². The van der Waals surface area contributed by atoms with E-state index in [1.807, 2.05) is 37.2 Å². The van der Waals surface area contributed by atoms with E-state index in [-0.39, 0.29) is 5.92 Å². The van der Waals surface area contributed by atoms with E-state index in [2.05, 4.69) is 30.6 Å². The Hall–Kier alpha value is -2.37. The number of aromatic amines is 3. The summed E-state index contributed by atoms with van der Waals surface area (Å²) in [5, 5.41) is 20.5. The largest absolute Gasteiger partial charge is 0.285 e. The van der Waals surface area contributed by atoms with Crippen molar-refractivity contribution in [2.45, 2.75) is 12.3 Å². The van der Waals surface area contributed by atoms with Gasteiger partial charge in [0.1, 0.15) is 0 Å². The molecule has 3 aromatic rings. The molecule has 0 aliphatic rings. The lowest BCUT2D eigenvalue weighted by molar-refractivity contribution is 0.807. The standard InChI is InChI=1S/C11H12N6/c1(8-2-12-13-3-8)11(9-4-14-15-5-9)10-6-16-17-7-10/h2-7,11H,1H2,(H,12,13)(H,14,15)(H,16,17). The molecule has 0 spiro atoms. The first-order valence-electron chi connectivity index (χ1n) is 5.38. The van der Waals surface area contributed by atoms with Crippen LogP contribution in [-0.2, 0) is 6.42 Å². The van der Waals surface area contributed by atoms with Gasteiger partial charge in [-0.05, 0) is 23.1 Å². The average Bonchev–Trinajstić information content (AvgIpc) is 3.09. The van der Waals surface area contributed by atoms with Crippen LogP contribution in [-0.4, -0.2) is 30.6 Å². The van der Waals surface area contributed by atoms with Crippen LogP contribution in [0.15, 0.2) is 37.2 Å². The van der Waals surface area contributed by atoms with Crippen LogP contribution in [0.4, 0.5) is 0 Å². The van der Waals surface area contributed by atoms with Crippen molar-refractivity contribution >= 4 is 0 Å². The molecular formula is C11H12N6. The number of hydrogen-bond donors (Lipinski definition) is 3. The number of rotatable bonds is 4. The summed E-state index contributed by atoms with van der Waals surface area (Å²) in [6, 6.07) is 0. The average molecular weight is 228 g/mol. The van der Waals surface area contributed by atoms with E-state index < -0.39 is 0 Å². The van der Waals surface area contributed by atoms with Gasteiger partial charge in [0.25, 0.3) is 0 Å². The highest BCUT2D eigenvalue weighted by Crippen LogP contribution is 2.26. The Labute approximate surface area is 97.5 Å². The zero-order valence-electron chi connectivity index (χ0n) is 9.09. The minimum absolute atomic E-state index is 0.241. The second kappa shape index (κ2) is 4.25. The van der Waals surface area contributed by atoms with Crippen LogP contribution in [0.5, 0.6) is 0 Å². The van der Waals surface area contributed by atoms with Crippen LogP contribution < -0.4 is 0 Å². The van der Waals surface area contributed by atoms with E-state index in [1.165, 1.54) is 0 Å². The van der Waals surface area contributed by atoms with Crippen LogP contribution >= 0.6 is 0 Å². The Balaban J connectivity index is 1.92. The molecule has 0 aliphatic heterocycles. The topological polar surface area (TPSA) is 86.0 Å². The maximum Gasteiger partial charge on any atom is 0.0525 e. The van der Waals surface area contributed by atoms with Crippen molar-refractivity contribution in [2.75, 3.05) is 0 Å². The molecule has 0 amide bonds. The predicted octanol–water partition coefficient (Wildman–Crippen LogP) is 1.23. The molecule has 0 aliphatic carbocycles. The number of H-pyrrole nitrogens is 3. The van der Waals surface area contributed by atoms with Crippen molar-refractivity contribution in [2.24, 2.45) is 0 Å². The molecule has 0 radical (unpaired) electrons. The minimum atomic E-state index is 0.241. The highest BCUT2D eigenvalue weighted by molar-refractivity contribution is 5.28. The fourth-order valence-electron chi connectivity index (χ4n) is 1.96. The molecule has 3 rings (SSSR count). The number of nitrogens with zero attached hydrogens (tertiary/aromatic N) is 3. The highest BCUT2D eigenvalue weighted by atomic mass is 15.1. The Bertz CT molecular complexity index is 503.